The Morgan fingerprint density at radius 1 is 1.08 bits per heavy atom. The third-order valence-electron chi connectivity index (χ3n) is 3.14. The van der Waals surface area contributed by atoms with E-state index in [1.165, 1.54) is 12.1 Å². The van der Waals surface area contributed by atoms with Gasteiger partial charge in [0.2, 0.25) is 15.9 Å². The number of carbonyl (C=O) groups excluding carboxylic acids is 1. The summed E-state index contributed by atoms with van der Waals surface area (Å²) >= 11 is 0. The van der Waals surface area contributed by atoms with Crippen LogP contribution in [0.25, 0.3) is 0 Å². The van der Waals surface area contributed by atoms with Gasteiger partial charge in [-0.25, -0.2) is 12.8 Å². The first-order valence-electron chi connectivity index (χ1n) is 7.59. The van der Waals surface area contributed by atoms with Crippen LogP contribution in [0.3, 0.4) is 0 Å². The Labute approximate surface area is 146 Å². The number of benzene rings is 2. The summed E-state index contributed by atoms with van der Waals surface area (Å²) in [7, 11) is -3.45. The van der Waals surface area contributed by atoms with Crippen molar-refractivity contribution in [2.45, 2.75) is 12.8 Å². The molecule has 0 aliphatic heterocycles. The van der Waals surface area contributed by atoms with Gasteiger partial charge in [0.15, 0.2) is 11.6 Å². The predicted molar refractivity (Wildman–Crippen MR) is 94.7 cm³/mol. The van der Waals surface area contributed by atoms with Crippen LogP contribution in [0.4, 0.5) is 15.8 Å². The van der Waals surface area contributed by atoms with Gasteiger partial charge < -0.3 is 10.1 Å². The Kier molecular flexibility index (Phi) is 6.35. The van der Waals surface area contributed by atoms with Crippen LogP contribution >= 0.6 is 0 Å². The molecular weight excluding hydrogens is 347 g/mol. The minimum Gasteiger partial charge on any atom is -0.491 e. The van der Waals surface area contributed by atoms with Crippen LogP contribution in [0.2, 0.25) is 0 Å². The first-order valence-corrected chi connectivity index (χ1v) is 9.48. The molecule has 134 valence electrons. The number of halogens is 1. The SMILES string of the molecule is CS(=O)(=O)Nc1ccccc1NC(=O)CCCOc1ccccc1F. The van der Waals surface area contributed by atoms with Gasteiger partial charge in [-0.15, -0.1) is 0 Å². The zero-order chi connectivity index (χ0) is 18.3. The largest absolute Gasteiger partial charge is 0.491 e. The molecule has 0 aliphatic rings. The van der Waals surface area contributed by atoms with Crippen molar-refractivity contribution in [2.24, 2.45) is 0 Å². The van der Waals surface area contributed by atoms with Crippen LogP contribution in [0, 0.1) is 5.82 Å². The quantitative estimate of drug-likeness (QED) is 0.704. The van der Waals surface area contributed by atoms with Crippen LogP contribution in [0.1, 0.15) is 12.8 Å². The highest BCUT2D eigenvalue weighted by Gasteiger charge is 2.10. The third-order valence-corrected chi connectivity index (χ3v) is 3.73. The summed E-state index contributed by atoms with van der Waals surface area (Å²) in [6, 6.07) is 12.5. The summed E-state index contributed by atoms with van der Waals surface area (Å²) in [6.45, 7) is 0.192. The van der Waals surface area contributed by atoms with Crippen molar-refractivity contribution in [2.75, 3.05) is 22.9 Å². The fraction of sp³-hybridized carbons (Fsp3) is 0.235. The van der Waals surface area contributed by atoms with E-state index in [2.05, 4.69) is 10.0 Å². The van der Waals surface area contributed by atoms with Gasteiger partial charge in [0, 0.05) is 6.42 Å². The van der Waals surface area contributed by atoms with Crippen molar-refractivity contribution < 1.29 is 22.3 Å². The first-order chi connectivity index (χ1) is 11.8. The zero-order valence-corrected chi connectivity index (χ0v) is 14.5. The lowest BCUT2D eigenvalue weighted by atomic mass is 10.2. The molecule has 2 aromatic rings. The van der Waals surface area contributed by atoms with E-state index in [0.717, 1.165) is 6.26 Å². The van der Waals surface area contributed by atoms with Crippen molar-refractivity contribution in [3.05, 3.63) is 54.3 Å². The lowest BCUT2D eigenvalue weighted by molar-refractivity contribution is -0.116. The molecule has 0 fully saturated rings. The van der Waals surface area contributed by atoms with Gasteiger partial charge in [-0.2, -0.15) is 0 Å². The van der Waals surface area contributed by atoms with Crippen molar-refractivity contribution in [3.63, 3.8) is 0 Å². The highest BCUT2D eigenvalue weighted by atomic mass is 32.2. The maximum absolute atomic E-state index is 13.4. The van der Waals surface area contributed by atoms with E-state index >= 15 is 0 Å². The van der Waals surface area contributed by atoms with E-state index in [-0.39, 0.29) is 24.7 Å². The number of para-hydroxylation sites is 3. The van der Waals surface area contributed by atoms with Gasteiger partial charge >= 0.3 is 0 Å². The van der Waals surface area contributed by atoms with Crippen molar-refractivity contribution >= 4 is 27.3 Å². The smallest absolute Gasteiger partial charge is 0.229 e. The van der Waals surface area contributed by atoms with E-state index in [1.54, 1.807) is 36.4 Å². The summed E-state index contributed by atoms with van der Waals surface area (Å²) in [4.78, 5) is 12.0. The normalized spacial score (nSPS) is 11.0. The molecule has 0 saturated carbocycles. The molecule has 0 saturated heterocycles. The van der Waals surface area contributed by atoms with Crippen LogP contribution in [-0.2, 0) is 14.8 Å². The van der Waals surface area contributed by atoms with Crippen LogP contribution in [0.15, 0.2) is 48.5 Å². The van der Waals surface area contributed by atoms with Gasteiger partial charge in [0.1, 0.15) is 0 Å². The Balaban J connectivity index is 1.84. The maximum Gasteiger partial charge on any atom is 0.229 e. The molecular formula is C17H19FN2O4S. The molecule has 2 rings (SSSR count). The Morgan fingerprint density at radius 2 is 1.72 bits per heavy atom. The fourth-order valence-corrected chi connectivity index (χ4v) is 2.65. The number of nitrogens with one attached hydrogen (secondary N) is 2. The van der Waals surface area contributed by atoms with Gasteiger partial charge in [0.25, 0.3) is 0 Å². The first kappa shape index (κ1) is 18.7. The molecule has 0 heterocycles. The molecule has 2 aromatic carbocycles. The van der Waals surface area contributed by atoms with Crippen LogP contribution < -0.4 is 14.8 Å². The average molecular weight is 366 g/mol. The Bertz CT molecular complexity index is 840. The number of ether oxygens (including phenoxy) is 1. The topological polar surface area (TPSA) is 84.5 Å². The number of hydrogen-bond donors (Lipinski definition) is 2. The molecule has 0 radical (unpaired) electrons. The molecule has 8 heteroatoms. The highest BCUT2D eigenvalue weighted by Crippen LogP contribution is 2.22. The van der Waals surface area contributed by atoms with Crippen molar-refractivity contribution in [3.8, 4) is 5.75 Å². The second-order valence-corrected chi connectivity index (χ2v) is 7.10. The Hall–Kier alpha value is -2.61. The van der Waals surface area contributed by atoms with E-state index in [0.29, 0.717) is 17.8 Å². The number of amides is 1. The second-order valence-electron chi connectivity index (χ2n) is 5.35. The standard InChI is InChI=1S/C17H19FN2O4S/c1-25(22,23)20-15-9-4-3-8-14(15)19-17(21)11-6-12-24-16-10-5-2-7-13(16)18/h2-5,7-10,20H,6,11-12H2,1H3,(H,19,21). The monoisotopic (exact) mass is 366 g/mol. The molecule has 0 aliphatic carbocycles. The lowest BCUT2D eigenvalue weighted by Gasteiger charge is -2.12. The summed E-state index contributed by atoms with van der Waals surface area (Å²) in [6.07, 6.45) is 1.58. The molecule has 25 heavy (non-hydrogen) atoms. The molecule has 2 N–H and O–H groups in total. The van der Waals surface area contributed by atoms with E-state index in [1.807, 2.05) is 0 Å². The zero-order valence-electron chi connectivity index (χ0n) is 13.7. The maximum atomic E-state index is 13.4. The van der Waals surface area contributed by atoms with Crippen LogP contribution in [-0.4, -0.2) is 27.2 Å². The summed E-state index contributed by atoms with van der Waals surface area (Å²) in [5.74, 6) is -0.599. The molecule has 0 bridgehead atoms. The van der Waals surface area contributed by atoms with Crippen molar-refractivity contribution in [1.29, 1.82) is 0 Å². The molecule has 6 nitrogen and oxygen atoms in total. The van der Waals surface area contributed by atoms with Gasteiger partial charge in [-0.3, -0.25) is 9.52 Å². The van der Waals surface area contributed by atoms with E-state index in [4.69, 9.17) is 4.74 Å². The number of sulfonamides is 1. The molecule has 0 unspecified atom stereocenters. The molecule has 0 aromatic heterocycles. The van der Waals surface area contributed by atoms with Gasteiger partial charge in [0.05, 0.1) is 24.2 Å². The minimum atomic E-state index is -3.45. The second kappa shape index (κ2) is 8.48. The number of rotatable bonds is 8. The van der Waals surface area contributed by atoms with Gasteiger partial charge in [-0.05, 0) is 30.7 Å². The number of hydrogen-bond acceptors (Lipinski definition) is 4. The predicted octanol–water partition coefficient (Wildman–Crippen LogP) is 2.99. The lowest BCUT2D eigenvalue weighted by Crippen LogP contribution is -2.16. The number of carbonyl (C=O) groups is 1. The highest BCUT2D eigenvalue weighted by molar-refractivity contribution is 7.92. The summed E-state index contributed by atoms with van der Waals surface area (Å²) in [5.41, 5.74) is 0.661. The summed E-state index contributed by atoms with van der Waals surface area (Å²) < 4.78 is 43.7. The molecule has 0 spiro atoms. The summed E-state index contributed by atoms with van der Waals surface area (Å²) in [5, 5.41) is 2.65. The van der Waals surface area contributed by atoms with E-state index < -0.39 is 15.8 Å². The fourth-order valence-electron chi connectivity index (χ4n) is 2.07. The molecule has 1 amide bonds. The van der Waals surface area contributed by atoms with Gasteiger partial charge in [-0.1, -0.05) is 24.3 Å². The van der Waals surface area contributed by atoms with Crippen molar-refractivity contribution in [1.82, 2.24) is 0 Å². The number of anilines is 2. The minimum absolute atomic E-state index is 0.144. The van der Waals surface area contributed by atoms with E-state index in [9.17, 15) is 17.6 Å². The molecule has 0 atom stereocenters. The third kappa shape index (κ3) is 6.42. The van der Waals surface area contributed by atoms with Crippen LogP contribution in [0.5, 0.6) is 5.75 Å². The average Bonchev–Trinajstić information content (AvgIpc) is 2.54. The Morgan fingerprint density at radius 3 is 2.40 bits per heavy atom.